The zero-order chi connectivity index (χ0) is 14.1. The van der Waals surface area contributed by atoms with Crippen LogP contribution < -0.4 is 10.2 Å². The Bertz CT molecular complexity index is 446. The largest absolute Gasteiger partial charge is 0.375 e. The molecule has 1 aromatic rings. The van der Waals surface area contributed by atoms with E-state index in [4.69, 9.17) is 0 Å². The van der Waals surface area contributed by atoms with Gasteiger partial charge in [0.15, 0.2) is 0 Å². The van der Waals surface area contributed by atoms with E-state index in [1.165, 1.54) is 11.9 Å². The van der Waals surface area contributed by atoms with Crippen LogP contribution >= 0.6 is 0 Å². The average molecular weight is 284 g/mol. The fraction of sp³-hybridized carbons (Fsp3) is 0.571. The van der Waals surface area contributed by atoms with Gasteiger partial charge in [-0.05, 0) is 38.1 Å². The number of rotatable bonds is 9. The predicted molar refractivity (Wildman–Crippen MR) is 81.5 cm³/mol. The molecule has 1 N–H and O–H groups in total. The van der Waals surface area contributed by atoms with Gasteiger partial charge in [-0.2, -0.15) is 0 Å². The Balaban J connectivity index is 2.05. The molecule has 0 heterocycles. The second-order valence-corrected chi connectivity index (χ2v) is 7.10. The molecule has 0 saturated carbocycles. The van der Waals surface area contributed by atoms with Crippen LogP contribution in [0, 0.1) is 0 Å². The van der Waals surface area contributed by atoms with Gasteiger partial charge in [0.05, 0.1) is 5.75 Å². The summed E-state index contributed by atoms with van der Waals surface area (Å²) in [5.74, 6) is 0.268. The highest BCUT2D eigenvalue weighted by atomic mass is 32.2. The molecule has 0 aromatic heterocycles. The van der Waals surface area contributed by atoms with Crippen LogP contribution in [0.25, 0.3) is 0 Å². The van der Waals surface area contributed by atoms with Crippen LogP contribution in [0.2, 0.25) is 0 Å². The van der Waals surface area contributed by atoms with Gasteiger partial charge in [0.2, 0.25) is 0 Å². The summed E-state index contributed by atoms with van der Waals surface area (Å²) in [7, 11) is -0.732. The van der Waals surface area contributed by atoms with Crippen LogP contribution in [0.3, 0.4) is 0 Å². The van der Waals surface area contributed by atoms with E-state index in [1.807, 2.05) is 18.2 Å². The highest BCUT2D eigenvalue weighted by Gasteiger charge is 2.01. The molecule has 5 heteroatoms. The maximum absolute atomic E-state index is 10.9. The molecule has 0 aliphatic carbocycles. The van der Waals surface area contributed by atoms with Gasteiger partial charge in [-0.1, -0.05) is 18.2 Å². The van der Waals surface area contributed by atoms with Crippen molar-refractivity contribution in [2.24, 2.45) is 0 Å². The summed E-state index contributed by atoms with van der Waals surface area (Å²) in [6.45, 7) is 2.67. The SMILES string of the molecule is CN(CCCNCCCS(C)(=O)=O)c1ccccc1. The summed E-state index contributed by atoms with van der Waals surface area (Å²) in [6, 6.07) is 10.3. The molecule has 1 rings (SSSR count). The first-order valence-corrected chi connectivity index (χ1v) is 8.70. The Morgan fingerprint density at radius 1 is 1.11 bits per heavy atom. The van der Waals surface area contributed by atoms with E-state index >= 15 is 0 Å². The monoisotopic (exact) mass is 284 g/mol. The van der Waals surface area contributed by atoms with E-state index in [-0.39, 0.29) is 5.75 Å². The molecular formula is C14H24N2O2S. The number of benzene rings is 1. The van der Waals surface area contributed by atoms with Crippen molar-refractivity contribution < 1.29 is 8.42 Å². The van der Waals surface area contributed by atoms with Crippen LogP contribution in [0.1, 0.15) is 12.8 Å². The van der Waals surface area contributed by atoms with Crippen molar-refractivity contribution in [3.8, 4) is 0 Å². The molecule has 4 nitrogen and oxygen atoms in total. The minimum atomic E-state index is -2.81. The lowest BCUT2D eigenvalue weighted by atomic mass is 10.3. The number of sulfone groups is 1. The maximum Gasteiger partial charge on any atom is 0.147 e. The van der Waals surface area contributed by atoms with E-state index in [2.05, 4.69) is 29.4 Å². The number of hydrogen-bond acceptors (Lipinski definition) is 4. The molecule has 19 heavy (non-hydrogen) atoms. The molecule has 108 valence electrons. The highest BCUT2D eigenvalue weighted by Crippen LogP contribution is 2.10. The Labute approximate surface area is 116 Å². The topological polar surface area (TPSA) is 49.4 Å². The van der Waals surface area contributed by atoms with Gasteiger partial charge in [0.1, 0.15) is 9.84 Å². The molecule has 0 fully saturated rings. The summed E-state index contributed by atoms with van der Waals surface area (Å²) in [4.78, 5) is 2.22. The van der Waals surface area contributed by atoms with Crippen LogP contribution in [0.15, 0.2) is 30.3 Å². The summed E-state index contributed by atoms with van der Waals surface area (Å²) in [6.07, 6.45) is 3.01. The van der Waals surface area contributed by atoms with Crippen LogP contribution in [0.5, 0.6) is 0 Å². The van der Waals surface area contributed by atoms with E-state index in [0.717, 1.165) is 26.1 Å². The fourth-order valence-corrected chi connectivity index (χ4v) is 2.51. The molecule has 0 spiro atoms. The van der Waals surface area contributed by atoms with Gasteiger partial charge in [0.25, 0.3) is 0 Å². The molecule has 0 amide bonds. The van der Waals surface area contributed by atoms with Crippen LogP contribution in [0.4, 0.5) is 5.69 Å². The van der Waals surface area contributed by atoms with Gasteiger partial charge in [-0.25, -0.2) is 8.42 Å². The molecule has 0 unspecified atom stereocenters. The lowest BCUT2D eigenvalue weighted by molar-refractivity contribution is 0.592. The number of nitrogens with zero attached hydrogens (tertiary/aromatic N) is 1. The fourth-order valence-electron chi connectivity index (χ4n) is 1.84. The first-order chi connectivity index (χ1) is 8.99. The number of hydrogen-bond donors (Lipinski definition) is 1. The van der Waals surface area contributed by atoms with E-state index in [1.54, 1.807) is 0 Å². The quantitative estimate of drug-likeness (QED) is 0.699. The lowest BCUT2D eigenvalue weighted by Crippen LogP contribution is -2.25. The Kier molecular flexibility index (Phi) is 6.87. The van der Waals surface area contributed by atoms with Gasteiger partial charge in [-0.15, -0.1) is 0 Å². The van der Waals surface area contributed by atoms with E-state index < -0.39 is 9.84 Å². The molecule has 1 aromatic carbocycles. The molecule has 0 aliphatic rings. The minimum Gasteiger partial charge on any atom is -0.375 e. The zero-order valence-corrected chi connectivity index (χ0v) is 12.6. The van der Waals surface area contributed by atoms with Gasteiger partial charge < -0.3 is 10.2 Å². The number of para-hydroxylation sites is 1. The van der Waals surface area contributed by atoms with Gasteiger partial charge in [0, 0.05) is 25.5 Å². The standard InChI is InChI=1S/C14H24N2O2S/c1-16(14-8-4-3-5-9-14)12-6-10-15-11-7-13-19(2,17)18/h3-5,8-9,15H,6-7,10-13H2,1-2H3. The first kappa shape index (κ1) is 16.0. The van der Waals surface area contributed by atoms with Crippen molar-refractivity contribution in [2.45, 2.75) is 12.8 Å². The average Bonchev–Trinajstić information content (AvgIpc) is 2.37. The second kappa shape index (κ2) is 8.17. The van der Waals surface area contributed by atoms with E-state index in [0.29, 0.717) is 6.42 Å². The van der Waals surface area contributed by atoms with Crippen LogP contribution in [-0.2, 0) is 9.84 Å². The Hall–Kier alpha value is -1.07. The third-order valence-corrected chi connectivity index (χ3v) is 3.94. The van der Waals surface area contributed by atoms with Crippen molar-refractivity contribution in [1.82, 2.24) is 5.32 Å². The number of anilines is 1. The summed E-state index contributed by atoms with van der Waals surface area (Å²) in [5.41, 5.74) is 1.22. The highest BCUT2D eigenvalue weighted by molar-refractivity contribution is 7.90. The third-order valence-electron chi connectivity index (χ3n) is 2.91. The van der Waals surface area contributed by atoms with Crippen molar-refractivity contribution in [1.29, 1.82) is 0 Å². The van der Waals surface area contributed by atoms with Gasteiger partial charge >= 0.3 is 0 Å². The summed E-state index contributed by atoms with van der Waals surface area (Å²) < 4.78 is 21.9. The maximum atomic E-state index is 10.9. The smallest absolute Gasteiger partial charge is 0.147 e. The third kappa shape index (κ3) is 7.85. The van der Waals surface area contributed by atoms with Crippen molar-refractivity contribution in [3.05, 3.63) is 30.3 Å². The Morgan fingerprint density at radius 2 is 1.74 bits per heavy atom. The summed E-state index contributed by atoms with van der Waals surface area (Å²) >= 11 is 0. The van der Waals surface area contributed by atoms with Crippen molar-refractivity contribution in [3.63, 3.8) is 0 Å². The van der Waals surface area contributed by atoms with Gasteiger partial charge in [-0.3, -0.25) is 0 Å². The molecule has 0 saturated heterocycles. The summed E-state index contributed by atoms with van der Waals surface area (Å²) in [5, 5.41) is 3.27. The molecule has 0 radical (unpaired) electrons. The number of nitrogens with one attached hydrogen (secondary N) is 1. The first-order valence-electron chi connectivity index (χ1n) is 6.64. The molecule has 0 aliphatic heterocycles. The molecule has 0 bridgehead atoms. The van der Waals surface area contributed by atoms with Crippen LogP contribution in [-0.4, -0.2) is 47.1 Å². The second-order valence-electron chi connectivity index (χ2n) is 4.84. The van der Waals surface area contributed by atoms with Crippen molar-refractivity contribution in [2.75, 3.05) is 43.6 Å². The normalized spacial score (nSPS) is 11.5. The lowest BCUT2D eigenvalue weighted by Gasteiger charge is -2.19. The zero-order valence-electron chi connectivity index (χ0n) is 11.8. The predicted octanol–water partition coefficient (Wildman–Crippen LogP) is 1.54. The molecule has 0 atom stereocenters. The van der Waals surface area contributed by atoms with Crippen molar-refractivity contribution >= 4 is 15.5 Å². The molecular weight excluding hydrogens is 260 g/mol. The Morgan fingerprint density at radius 3 is 2.37 bits per heavy atom. The van der Waals surface area contributed by atoms with E-state index in [9.17, 15) is 8.42 Å². The minimum absolute atomic E-state index is 0.268.